The van der Waals surface area contributed by atoms with E-state index in [4.69, 9.17) is 0 Å². The maximum Gasteiger partial charge on any atom is 0.230 e. The van der Waals surface area contributed by atoms with E-state index in [0.29, 0.717) is 5.75 Å². The number of carbonyl (C=O) groups excluding carboxylic acids is 1. The molecule has 0 radical (unpaired) electrons. The summed E-state index contributed by atoms with van der Waals surface area (Å²) in [7, 11) is 0. The Hall–Kier alpha value is -1.00. The van der Waals surface area contributed by atoms with Crippen LogP contribution in [0.2, 0.25) is 0 Å². The van der Waals surface area contributed by atoms with Crippen molar-refractivity contribution in [2.24, 2.45) is 0 Å². The van der Waals surface area contributed by atoms with Crippen LogP contribution in [0, 0.1) is 0 Å². The maximum atomic E-state index is 11.6. The van der Waals surface area contributed by atoms with Crippen molar-refractivity contribution >= 4 is 17.7 Å². The minimum atomic E-state index is 0.128. The van der Waals surface area contributed by atoms with Crippen LogP contribution in [0.1, 0.15) is 38.2 Å². The van der Waals surface area contributed by atoms with Gasteiger partial charge in [-0.25, -0.2) is 0 Å². The van der Waals surface area contributed by atoms with Gasteiger partial charge in [0.25, 0.3) is 0 Å². The Morgan fingerprint density at radius 2 is 2.05 bits per heavy atom. The quantitative estimate of drug-likeness (QED) is 0.543. The number of hydrogen-bond donors (Lipinski definition) is 2. The molecule has 0 unspecified atom stereocenters. The second-order valence-corrected chi connectivity index (χ2v) is 6.34. The first kappa shape index (κ1) is 15.4. The Morgan fingerprint density at radius 1 is 1.30 bits per heavy atom. The third-order valence-corrected chi connectivity index (χ3v) is 4.33. The van der Waals surface area contributed by atoms with Crippen molar-refractivity contribution < 1.29 is 4.79 Å². The zero-order chi connectivity index (χ0) is 14.2. The van der Waals surface area contributed by atoms with Gasteiger partial charge in [-0.2, -0.15) is 0 Å². The van der Waals surface area contributed by atoms with E-state index in [1.54, 1.807) is 11.8 Å². The summed E-state index contributed by atoms with van der Waals surface area (Å²) in [6, 6.07) is 9.25. The van der Waals surface area contributed by atoms with E-state index in [2.05, 4.69) is 41.8 Å². The summed E-state index contributed by atoms with van der Waals surface area (Å²) in [5.41, 5.74) is 1.31. The summed E-state index contributed by atoms with van der Waals surface area (Å²) in [5, 5.41) is 6.44. The van der Waals surface area contributed by atoms with Crippen LogP contribution in [-0.2, 0) is 11.3 Å². The number of carbonyl (C=O) groups is 1. The van der Waals surface area contributed by atoms with Crippen molar-refractivity contribution in [1.29, 1.82) is 0 Å². The van der Waals surface area contributed by atoms with Crippen LogP contribution in [-0.4, -0.2) is 24.2 Å². The molecule has 2 N–H and O–H groups in total. The van der Waals surface area contributed by atoms with Gasteiger partial charge in [0.05, 0.1) is 5.75 Å². The molecule has 0 heterocycles. The van der Waals surface area contributed by atoms with Crippen molar-refractivity contribution in [2.45, 2.75) is 50.1 Å². The molecule has 1 aliphatic carbocycles. The summed E-state index contributed by atoms with van der Waals surface area (Å²) in [6.07, 6.45) is 4.81. The Morgan fingerprint density at radius 3 is 2.70 bits per heavy atom. The number of unbranched alkanes of at least 4 members (excludes halogenated alkanes) is 1. The second kappa shape index (κ2) is 8.32. The maximum absolute atomic E-state index is 11.6. The van der Waals surface area contributed by atoms with Gasteiger partial charge < -0.3 is 10.6 Å². The van der Waals surface area contributed by atoms with Gasteiger partial charge in [-0.05, 0) is 37.0 Å². The fourth-order valence-electron chi connectivity index (χ4n) is 1.86. The van der Waals surface area contributed by atoms with Crippen LogP contribution in [0.25, 0.3) is 0 Å². The summed E-state index contributed by atoms with van der Waals surface area (Å²) in [5.74, 6) is 0.631. The molecule has 1 amide bonds. The molecule has 0 aliphatic heterocycles. The molecule has 1 aliphatic rings. The number of rotatable bonds is 9. The van der Waals surface area contributed by atoms with Crippen molar-refractivity contribution in [3.63, 3.8) is 0 Å². The zero-order valence-corrected chi connectivity index (χ0v) is 13.0. The molecule has 0 saturated heterocycles. The average Bonchev–Trinajstić information content (AvgIpc) is 3.28. The van der Waals surface area contributed by atoms with Crippen LogP contribution >= 0.6 is 11.8 Å². The summed E-state index contributed by atoms with van der Waals surface area (Å²) in [6.45, 7) is 3.87. The summed E-state index contributed by atoms with van der Waals surface area (Å²) in [4.78, 5) is 12.8. The first-order valence-electron chi connectivity index (χ1n) is 7.49. The van der Waals surface area contributed by atoms with Gasteiger partial charge in [0.2, 0.25) is 5.91 Å². The number of hydrogen-bond acceptors (Lipinski definition) is 3. The van der Waals surface area contributed by atoms with Crippen LogP contribution in [0.15, 0.2) is 29.2 Å². The topological polar surface area (TPSA) is 41.1 Å². The lowest BCUT2D eigenvalue weighted by molar-refractivity contribution is -0.118. The predicted molar refractivity (Wildman–Crippen MR) is 84.9 cm³/mol. The smallest absolute Gasteiger partial charge is 0.230 e. The minimum absolute atomic E-state index is 0.128. The highest BCUT2D eigenvalue weighted by Gasteiger charge is 2.19. The Bertz CT molecular complexity index is 415. The first-order chi connectivity index (χ1) is 9.78. The predicted octanol–water partition coefficient (Wildman–Crippen LogP) is 2.95. The third-order valence-electron chi connectivity index (χ3n) is 3.32. The lowest BCUT2D eigenvalue weighted by Crippen LogP contribution is -2.25. The first-order valence-corrected chi connectivity index (χ1v) is 8.48. The molecule has 1 fully saturated rings. The highest BCUT2D eigenvalue weighted by Crippen LogP contribution is 2.21. The van der Waals surface area contributed by atoms with Gasteiger partial charge in [-0.15, -0.1) is 11.8 Å². The van der Waals surface area contributed by atoms with Gasteiger partial charge in [0.15, 0.2) is 0 Å². The molecule has 1 aromatic carbocycles. The van der Waals surface area contributed by atoms with Crippen molar-refractivity contribution in [3.05, 3.63) is 29.8 Å². The fraction of sp³-hybridized carbons (Fsp3) is 0.562. The normalized spacial score (nSPS) is 14.2. The highest BCUT2D eigenvalue weighted by molar-refractivity contribution is 8.00. The molecule has 1 aromatic rings. The second-order valence-electron chi connectivity index (χ2n) is 5.29. The monoisotopic (exact) mass is 292 g/mol. The molecule has 2 rings (SSSR count). The van der Waals surface area contributed by atoms with Crippen molar-refractivity contribution in [3.8, 4) is 0 Å². The van der Waals surface area contributed by atoms with Gasteiger partial charge in [-0.3, -0.25) is 4.79 Å². The van der Waals surface area contributed by atoms with Crippen LogP contribution in [0.4, 0.5) is 0 Å². The third kappa shape index (κ3) is 5.97. The summed E-state index contributed by atoms with van der Waals surface area (Å²) >= 11 is 1.60. The number of benzene rings is 1. The molecule has 4 heteroatoms. The Labute approximate surface area is 125 Å². The zero-order valence-electron chi connectivity index (χ0n) is 12.2. The van der Waals surface area contributed by atoms with E-state index < -0.39 is 0 Å². The number of thioether (sulfide) groups is 1. The Balaban J connectivity index is 1.65. The lowest BCUT2D eigenvalue weighted by Gasteiger charge is -2.06. The van der Waals surface area contributed by atoms with Gasteiger partial charge in [0, 0.05) is 24.0 Å². The minimum Gasteiger partial charge on any atom is -0.355 e. The SMILES string of the molecule is CCCCNC(=O)CSc1ccc(CNC2CC2)cc1. The Kier molecular flexibility index (Phi) is 6.40. The molecule has 110 valence electrons. The molecule has 0 bridgehead atoms. The van der Waals surface area contributed by atoms with E-state index in [0.717, 1.165) is 36.9 Å². The van der Waals surface area contributed by atoms with Crippen LogP contribution in [0.3, 0.4) is 0 Å². The standard InChI is InChI=1S/C16H24N2OS/c1-2-3-10-17-16(19)12-20-15-8-4-13(5-9-15)11-18-14-6-7-14/h4-5,8-9,14,18H,2-3,6-7,10-12H2,1H3,(H,17,19). The van der Waals surface area contributed by atoms with E-state index in [1.807, 2.05) is 0 Å². The fourth-order valence-corrected chi connectivity index (χ4v) is 2.59. The molecular formula is C16H24N2OS. The van der Waals surface area contributed by atoms with Crippen molar-refractivity contribution in [2.75, 3.05) is 12.3 Å². The number of nitrogens with one attached hydrogen (secondary N) is 2. The van der Waals surface area contributed by atoms with E-state index in [1.165, 1.54) is 18.4 Å². The largest absolute Gasteiger partial charge is 0.355 e. The van der Waals surface area contributed by atoms with Crippen molar-refractivity contribution in [1.82, 2.24) is 10.6 Å². The molecule has 3 nitrogen and oxygen atoms in total. The molecule has 1 saturated carbocycles. The van der Waals surface area contributed by atoms with Crippen LogP contribution in [0.5, 0.6) is 0 Å². The molecule has 20 heavy (non-hydrogen) atoms. The van der Waals surface area contributed by atoms with Crippen LogP contribution < -0.4 is 10.6 Å². The van der Waals surface area contributed by atoms with E-state index in [9.17, 15) is 4.79 Å². The average molecular weight is 292 g/mol. The van der Waals surface area contributed by atoms with E-state index in [-0.39, 0.29) is 5.91 Å². The molecular weight excluding hydrogens is 268 g/mol. The molecule has 0 spiro atoms. The lowest BCUT2D eigenvalue weighted by atomic mass is 10.2. The highest BCUT2D eigenvalue weighted by atomic mass is 32.2. The number of amides is 1. The van der Waals surface area contributed by atoms with E-state index >= 15 is 0 Å². The molecule has 0 aromatic heterocycles. The van der Waals surface area contributed by atoms with Gasteiger partial charge in [-0.1, -0.05) is 25.5 Å². The van der Waals surface area contributed by atoms with Gasteiger partial charge in [0.1, 0.15) is 0 Å². The summed E-state index contributed by atoms with van der Waals surface area (Å²) < 4.78 is 0. The van der Waals surface area contributed by atoms with Gasteiger partial charge >= 0.3 is 0 Å². The molecule has 0 atom stereocenters.